The van der Waals surface area contributed by atoms with E-state index in [0.717, 1.165) is 31.0 Å². The van der Waals surface area contributed by atoms with Crippen molar-refractivity contribution in [2.24, 2.45) is 0 Å². The van der Waals surface area contributed by atoms with E-state index in [9.17, 15) is 14.4 Å². The molecule has 0 aromatic heterocycles. The number of ether oxygens (including phenoxy) is 2. The zero-order valence-electron chi connectivity index (χ0n) is 19.8. The minimum atomic E-state index is -0.821. The third-order valence-corrected chi connectivity index (χ3v) is 6.45. The smallest absolute Gasteiger partial charge is 0.415 e. The second-order valence-electron chi connectivity index (χ2n) is 9.31. The fraction of sp³-hybridized carbons (Fsp3) is 0.609. The maximum absolute atomic E-state index is 12.8. The van der Waals surface area contributed by atoms with Crippen molar-refractivity contribution < 1.29 is 23.9 Å². The minimum absolute atomic E-state index is 0.230. The third kappa shape index (κ3) is 7.90. The molecule has 0 bridgehead atoms. The summed E-state index contributed by atoms with van der Waals surface area (Å²) in [5, 5.41) is 5.57. The molecule has 2 saturated heterocycles. The van der Waals surface area contributed by atoms with Gasteiger partial charge in [0, 0.05) is 44.9 Å². The van der Waals surface area contributed by atoms with Gasteiger partial charge in [0.2, 0.25) is 5.91 Å². The van der Waals surface area contributed by atoms with Crippen LogP contribution in [0.15, 0.2) is 24.3 Å². The lowest BCUT2D eigenvalue weighted by atomic mass is 10.1. The van der Waals surface area contributed by atoms with E-state index in [1.807, 2.05) is 7.05 Å². The Balaban J connectivity index is 1.61. The van der Waals surface area contributed by atoms with Crippen LogP contribution in [0.4, 0.5) is 4.79 Å². The highest BCUT2D eigenvalue weighted by Gasteiger charge is 2.31. The van der Waals surface area contributed by atoms with Crippen LogP contribution < -0.4 is 15.4 Å². The second kappa shape index (κ2) is 11.2. The predicted octanol–water partition coefficient (Wildman–Crippen LogP) is 1.46. The minimum Gasteiger partial charge on any atom is -0.458 e. The van der Waals surface area contributed by atoms with Crippen LogP contribution in [-0.4, -0.2) is 90.3 Å². The van der Waals surface area contributed by atoms with Crippen molar-refractivity contribution in [2.75, 3.05) is 45.5 Å². The van der Waals surface area contributed by atoms with E-state index < -0.39 is 17.6 Å². The van der Waals surface area contributed by atoms with Gasteiger partial charge in [0.1, 0.15) is 22.8 Å². The van der Waals surface area contributed by atoms with Crippen LogP contribution in [0.25, 0.3) is 0 Å². The average Bonchev–Trinajstić information content (AvgIpc) is 3.29. The highest BCUT2D eigenvalue weighted by molar-refractivity contribution is 8.00. The quantitative estimate of drug-likeness (QED) is 0.593. The summed E-state index contributed by atoms with van der Waals surface area (Å²) in [4.78, 5) is 41.6. The Morgan fingerprint density at radius 1 is 1.15 bits per heavy atom. The molecule has 0 aliphatic carbocycles. The van der Waals surface area contributed by atoms with Gasteiger partial charge in [-0.3, -0.25) is 10.1 Å². The van der Waals surface area contributed by atoms with Gasteiger partial charge in [-0.2, -0.15) is 0 Å². The van der Waals surface area contributed by atoms with E-state index in [1.54, 1.807) is 49.9 Å². The molecule has 2 atom stereocenters. The van der Waals surface area contributed by atoms with Gasteiger partial charge in [0.15, 0.2) is 0 Å². The van der Waals surface area contributed by atoms with E-state index in [2.05, 4.69) is 15.5 Å². The fourth-order valence-electron chi connectivity index (χ4n) is 3.49. The van der Waals surface area contributed by atoms with Crippen molar-refractivity contribution in [2.45, 2.75) is 44.2 Å². The molecule has 0 saturated carbocycles. The number of amides is 2. The molecule has 9 nitrogen and oxygen atoms in total. The number of rotatable bonds is 6. The SMILES string of the molecule is CN1CCN(C(=O)Oc2ccc(C[C@H](NC(=O)[C@H]3NCCS3)C(=O)OC(C)(C)C)cc2)CC1. The molecule has 1 aromatic carbocycles. The number of likely N-dealkylation sites (N-methyl/N-ethyl adjacent to an activating group) is 1. The molecule has 0 radical (unpaired) electrons. The molecule has 2 heterocycles. The molecule has 10 heteroatoms. The van der Waals surface area contributed by atoms with Gasteiger partial charge in [-0.15, -0.1) is 11.8 Å². The van der Waals surface area contributed by atoms with Gasteiger partial charge >= 0.3 is 12.1 Å². The topological polar surface area (TPSA) is 100 Å². The molecule has 33 heavy (non-hydrogen) atoms. The Labute approximate surface area is 199 Å². The van der Waals surface area contributed by atoms with Crippen molar-refractivity contribution in [3.8, 4) is 5.75 Å². The largest absolute Gasteiger partial charge is 0.458 e. The zero-order chi connectivity index (χ0) is 24.0. The Morgan fingerprint density at radius 3 is 2.39 bits per heavy atom. The molecular weight excluding hydrogens is 444 g/mol. The normalized spacial score (nSPS) is 20.2. The first-order valence-corrected chi connectivity index (χ1v) is 12.3. The lowest BCUT2D eigenvalue weighted by molar-refractivity contribution is -0.158. The lowest BCUT2D eigenvalue weighted by Gasteiger charge is -2.31. The molecule has 0 spiro atoms. The second-order valence-corrected chi connectivity index (χ2v) is 10.5. The van der Waals surface area contributed by atoms with Gasteiger partial charge in [-0.1, -0.05) is 12.1 Å². The Morgan fingerprint density at radius 2 is 1.82 bits per heavy atom. The van der Waals surface area contributed by atoms with Crippen LogP contribution in [0.2, 0.25) is 0 Å². The van der Waals surface area contributed by atoms with Gasteiger partial charge in [-0.05, 0) is 45.5 Å². The first-order chi connectivity index (χ1) is 15.6. The molecule has 2 N–H and O–H groups in total. The number of hydrogen-bond acceptors (Lipinski definition) is 8. The third-order valence-electron chi connectivity index (χ3n) is 5.29. The standard InChI is InChI=1S/C23H34N4O5S/c1-23(2,3)32-21(29)18(25-19(28)20-24-9-14-33-20)15-16-5-7-17(8-6-16)31-22(30)27-12-10-26(4)11-13-27/h5-8,18,20,24H,9-15H2,1-4H3,(H,25,28)/t18-,20-/m0/s1. The van der Waals surface area contributed by atoms with Crippen LogP contribution in [0.5, 0.6) is 5.75 Å². The molecule has 2 fully saturated rings. The van der Waals surface area contributed by atoms with Crippen LogP contribution >= 0.6 is 11.8 Å². The molecule has 2 amide bonds. The maximum atomic E-state index is 12.8. The van der Waals surface area contributed by atoms with E-state index in [4.69, 9.17) is 9.47 Å². The van der Waals surface area contributed by atoms with E-state index in [-0.39, 0.29) is 23.8 Å². The summed E-state index contributed by atoms with van der Waals surface area (Å²) >= 11 is 1.51. The van der Waals surface area contributed by atoms with Gasteiger partial charge in [-0.25, -0.2) is 9.59 Å². The summed E-state index contributed by atoms with van der Waals surface area (Å²) in [6.07, 6.45) is -0.0960. The molecule has 3 rings (SSSR count). The molecule has 1 aromatic rings. The van der Waals surface area contributed by atoms with Crippen LogP contribution in [0, 0.1) is 0 Å². The van der Waals surface area contributed by atoms with Crippen molar-refractivity contribution in [3.05, 3.63) is 29.8 Å². The number of benzene rings is 1. The molecular formula is C23H34N4O5S. The first kappa shape index (κ1) is 25.3. The summed E-state index contributed by atoms with van der Waals surface area (Å²) < 4.78 is 11.0. The number of esters is 1. The molecule has 2 aliphatic rings. The Kier molecular flexibility index (Phi) is 8.61. The highest BCUT2D eigenvalue weighted by Crippen LogP contribution is 2.18. The summed E-state index contributed by atoms with van der Waals surface area (Å²) in [7, 11) is 2.03. The molecule has 0 unspecified atom stereocenters. The van der Waals surface area contributed by atoms with Crippen molar-refractivity contribution >= 4 is 29.7 Å². The summed E-state index contributed by atoms with van der Waals surface area (Å²) in [5.74, 6) is 0.575. The number of thioether (sulfide) groups is 1. The fourth-order valence-corrected chi connectivity index (χ4v) is 4.42. The van der Waals surface area contributed by atoms with E-state index in [1.165, 1.54) is 11.8 Å². The predicted molar refractivity (Wildman–Crippen MR) is 127 cm³/mol. The van der Waals surface area contributed by atoms with Gasteiger partial charge in [0.05, 0.1) is 0 Å². The lowest BCUT2D eigenvalue weighted by Crippen LogP contribution is -2.50. The van der Waals surface area contributed by atoms with Crippen molar-refractivity contribution in [3.63, 3.8) is 0 Å². The van der Waals surface area contributed by atoms with Crippen LogP contribution in [-0.2, 0) is 20.7 Å². The summed E-state index contributed by atoms with van der Waals surface area (Å²) in [6.45, 7) is 9.05. The average molecular weight is 479 g/mol. The maximum Gasteiger partial charge on any atom is 0.415 e. The zero-order valence-corrected chi connectivity index (χ0v) is 20.6. The number of nitrogens with one attached hydrogen (secondary N) is 2. The summed E-state index contributed by atoms with van der Waals surface area (Å²) in [6, 6.07) is 6.16. The number of carbonyl (C=O) groups is 3. The van der Waals surface area contributed by atoms with Crippen LogP contribution in [0.1, 0.15) is 26.3 Å². The van der Waals surface area contributed by atoms with Gasteiger partial charge < -0.3 is 24.6 Å². The number of hydrogen-bond donors (Lipinski definition) is 2. The summed E-state index contributed by atoms with van der Waals surface area (Å²) in [5.41, 5.74) is 0.152. The first-order valence-electron chi connectivity index (χ1n) is 11.2. The Hall–Kier alpha value is -2.30. The van der Waals surface area contributed by atoms with Crippen molar-refractivity contribution in [1.29, 1.82) is 0 Å². The van der Waals surface area contributed by atoms with Crippen molar-refractivity contribution in [1.82, 2.24) is 20.4 Å². The number of carbonyl (C=O) groups excluding carboxylic acids is 3. The number of piperazine rings is 1. The van der Waals surface area contributed by atoms with E-state index in [0.29, 0.717) is 18.8 Å². The number of nitrogens with zero attached hydrogens (tertiary/aromatic N) is 2. The van der Waals surface area contributed by atoms with Crippen LogP contribution in [0.3, 0.4) is 0 Å². The monoisotopic (exact) mass is 478 g/mol. The van der Waals surface area contributed by atoms with Gasteiger partial charge in [0.25, 0.3) is 0 Å². The molecule has 2 aliphatic heterocycles. The molecule has 182 valence electrons. The van der Waals surface area contributed by atoms with E-state index >= 15 is 0 Å². The Bertz CT molecular complexity index is 828. The highest BCUT2D eigenvalue weighted by atomic mass is 32.2.